The second-order valence-electron chi connectivity index (χ2n) is 4.00. The minimum atomic E-state index is -4.44. The predicted octanol–water partition coefficient (Wildman–Crippen LogP) is 5.99. The Morgan fingerprint density at radius 3 is 2.20 bits per heavy atom. The van der Waals surface area contributed by atoms with Gasteiger partial charge in [-0.05, 0) is 48.9 Å². The summed E-state index contributed by atoms with van der Waals surface area (Å²) >= 11 is 11.6. The quantitative estimate of drug-likeness (QED) is 0.661. The van der Waals surface area contributed by atoms with Crippen LogP contribution in [0.15, 0.2) is 36.4 Å². The fourth-order valence-corrected chi connectivity index (χ4v) is 1.84. The van der Waals surface area contributed by atoms with Crippen LogP contribution in [0.5, 0.6) is 11.5 Å². The highest BCUT2D eigenvalue weighted by Gasteiger charge is 2.31. The molecule has 0 fully saturated rings. The van der Waals surface area contributed by atoms with Crippen LogP contribution >= 0.6 is 23.2 Å². The van der Waals surface area contributed by atoms with Gasteiger partial charge in [-0.25, -0.2) is 0 Å². The molecule has 0 heterocycles. The fraction of sp³-hybridized carbons (Fsp3) is 0.0714. The predicted molar refractivity (Wildman–Crippen MR) is 72.4 cm³/mol. The van der Waals surface area contributed by atoms with Gasteiger partial charge in [0.25, 0.3) is 0 Å². The molecule has 0 bridgehead atoms. The van der Waals surface area contributed by atoms with E-state index < -0.39 is 11.7 Å². The number of ether oxygens (including phenoxy) is 1. The first-order valence-corrected chi connectivity index (χ1v) is 6.19. The Kier molecular flexibility index (Phi) is 4.16. The van der Waals surface area contributed by atoms with Crippen molar-refractivity contribution >= 4 is 23.2 Å². The van der Waals surface area contributed by atoms with E-state index >= 15 is 0 Å². The molecule has 0 aliphatic carbocycles. The van der Waals surface area contributed by atoms with Crippen LogP contribution in [0.2, 0.25) is 10.0 Å². The van der Waals surface area contributed by atoms with Gasteiger partial charge in [-0.1, -0.05) is 23.2 Å². The van der Waals surface area contributed by atoms with Gasteiger partial charge in [-0.15, -0.1) is 0 Å². The summed E-state index contributed by atoms with van der Waals surface area (Å²) in [7, 11) is 0. The number of benzene rings is 2. The molecule has 2 aromatic carbocycles. The Morgan fingerprint density at radius 2 is 1.65 bits per heavy atom. The number of alkyl halides is 3. The van der Waals surface area contributed by atoms with Crippen molar-refractivity contribution in [3.05, 3.63) is 64.5 Å². The molecule has 0 aromatic heterocycles. The summed E-state index contributed by atoms with van der Waals surface area (Å²) in [5.41, 5.74) is -0.281. The van der Waals surface area contributed by atoms with Crippen molar-refractivity contribution in [1.29, 1.82) is 0 Å². The Morgan fingerprint density at radius 1 is 0.950 bits per heavy atom. The lowest BCUT2D eigenvalue weighted by Gasteiger charge is -2.11. The van der Waals surface area contributed by atoms with Crippen molar-refractivity contribution in [2.75, 3.05) is 0 Å². The maximum absolute atomic E-state index is 12.5. The molecule has 1 radical (unpaired) electrons. The van der Waals surface area contributed by atoms with Crippen molar-refractivity contribution in [2.45, 2.75) is 6.18 Å². The van der Waals surface area contributed by atoms with Crippen molar-refractivity contribution in [3.63, 3.8) is 0 Å². The van der Waals surface area contributed by atoms with E-state index in [1.54, 1.807) is 18.2 Å². The minimum absolute atomic E-state index is 0.125. The van der Waals surface area contributed by atoms with Crippen LogP contribution in [0.1, 0.15) is 11.1 Å². The van der Waals surface area contributed by atoms with Gasteiger partial charge in [-0.3, -0.25) is 0 Å². The molecule has 0 atom stereocenters. The van der Waals surface area contributed by atoms with E-state index in [-0.39, 0.29) is 10.8 Å². The Labute approximate surface area is 123 Å². The van der Waals surface area contributed by atoms with Gasteiger partial charge >= 0.3 is 6.18 Å². The molecule has 0 aliphatic rings. The Hall–Kier alpha value is -1.39. The lowest BCUT2D eigenvalue weighted by Crippen LogP contribution is -2.04. The zero-order valence-corrected chi connectivity index (χ0v) is 11.5. The molecule has 0 amide bonds. The van der Waals surface area contributed by atoms with Crippen molar-refractivity contribution < 1.29 is 17.9 Å². The van der Waals surface area contributed by atoms with Crippen molar-refractivity contribution in [1.82, 2.24) is 0 Å². The number of rotatable bonds is 2. The second-order valence-corrected chi connectivity index (χ2v) is 4.81. The number of hydrogen-bond acceptors (Lipinski definition) is 1. The maximum atomic E-state index is 12.5. The van der Waals surface area contributed by atoms with Crippen LogP contribution in [-0.2, 0) is 6.18 Å². The van der Waals surface area contributed by atoms with E-state index in [2.05, 4.69) is 6.92 Å². The van der Waals surface area contributed by atoms with Crippen LogP contribution in [-0.4, -0.2) is 0 Å². The third-order valence-electron chi connectivity index (χ3n) is 2.50. The number of hydrogen-bond donors (Lipinski definition) is 0. The van der Waals surface area contributed by atoms with E-state index in [0.717, 1.165) is 12.1 Å². The summed E-state index contributed by atoms with van der Waals surface area (Å²) in [6.07, 6.45) is -4.44. The van der Waals surface area contributed by atoms with Crippen LogP contribution in [0.3, 0.4) is 0 Å². The summed E-state index contributed by atoms with van der Waals surface area (Å²) in [5, 5.41) is 0.344. The summed E-state index contributed by atoms with van der Waals surface area (Å²) < 4.78 is 42.9. The SMILES string of the molecule is [CH2]c1cc(Oc2ccc(C(F)(F)F)cc2Cl)ccc1Cl. The molecule has 6 heteroatoms. The van der Waals surface area contributed by atoms with Gasteiger partial charge in [0, 0.05) is 5.02 Å². The molecule has 20 heavy (non-hydrogen) atoms. The van der Waals surface area contributed by atoms with Crippen LogP contribution < -0.4 is 4.74 Å². The average molecular weight is 320 g/mol. The molecule has 1 nitrogen and oxygen atoms in total. The highest BCUT2D eigenvalue weighted by Crippen LogP contribution is 2.36. The molecule has 2 aromatic rings. The highest BCUT2D eigenvalue weighted by molar-refractivity contribution is 6.32. The first-order valence-electron chi connectivity index (χ1n) is 5.43. The van der Waals surface area contributed by atoms with Crippen molar-refractivity contribution in [2.24, 2.45) is 0 Å². The molecule has 0 spiro atoms. The molecule has 2 rings (SSSR count). The molecule has 105 valence electrons. The largest absolute Gasteiger partial charge is 0.456 e. The maximum Gasteiger partial charge on any atom is 0.416 e. The highest BCUT2D eigenvalue weighted by atomic mass is 35.5. The van der Waals surface area contributed by atoms with Gasteiger partial charge in [-0.2, -0.15) is 13.2 Å². The molecule has 0 saturated heterocycles. The number of halogens is 5. The zero-order chi connectivity index (χ0) is 14.9. The van der Waals surface area contributed by atoms with Crippen LogP contribution in [0.4, 0.5) is 13.2 Å². The molecular weight excluding hydrogens is 312 g/mol. The fourth-order valence-electron chi connectivity index (χ4n) is 1.50. The summed E-state index contributed by atoms with van der Waals surface area (Å²) in [4.78, 5) is 0. The normalized spacial score (nSPS) is 11.5. The van der Waals surface area contributed by atoms with E-state index in [1.165, 1.54) is 6.07 Å². The summed E-state index contributed by atoms with van der Waals surface area (Å²) in [6, 6.07) is 7.61. The van der Waals surface area contributed by atoms with Gasteiger partial charge in [0.1, 0.15) is 11.5 Å². The zero-order valence-electron chi connectivity index (χ0n) is 9.97. The van der Waals surface area contributed by atoms with Gasteiger partial charge in [0.2, 0.25) is 0 Å². The van der Waals surface area contributed by atoms with Gasteiger partial charge in [0.05, 0.1) is 10.6 Å². The second kappa shape index (κ2) is 5.54. The van der Waals surface area contributed by atoms with Crippen LogP contribution in [0.25, 0.3) is 0 Å². The topological polar surface area (TPSA) is 9.23 Å². The molecule has 0 unspecified atom stereocenters. The molecule has 0 N–H and O–H groups in total. The smallest absolute Gasteiger partial charge is 0.416 e. The third kappa shape index (κ3) is 3.38. The van der Waals surface area contributed by atoms with Gasteiger partial charge in [0.15, 0.2) is 0 Å². The Bertz CT molecular complexity index is 639. The van der Waals surface area contributed by atoms with E-state index in [4.69, 9.17) is 27.9 Å². The molecule has 0 aliphatic heterocycles. The lowest BCUT2D eigenvalue weighted by molar-refractivity contribution is -0.137. The van der Waals surface area contributed by atoms with Crippen LogP contribution in [0, 0.1) is 6.92 Å². The third-order valence-corrected chi connectivity index (χ3v) is 3.17. The minimum Gasteiger partial charge on any atom is -0.456 e. The van der Waals surface area contributed by atoms with E-state index in [1.807, 2.05) is 0 Å². The van der Waals surface area contributed by atoms with Gasteiger partial charge < -0.3 is 4.74 Å². The average Bonchev–Trinajstić information content (AvgIpc) is 2.35. The standard InChI is InChI=1S/C14H8Cl2F3O/c1-8-6-10(3-4-11(8)15)20-13-5-2-9(7-12(13)16)14(17,18)19/h2-7H,1H2. The monoisotopic (exact) mass is 319 g/mol. The summed E-state index contributed by atoms with van der Waals surface area (Å²) in [5.74, 6) is 0.516. The summed E-state index contributed by atoms with van der Waals surface area (Å²) in [6.45, 7) is 3.70. The van der Waals surface area contributed by atoms with E-state index in [0.29, 0.717) is 16.3 Å². The molecule has 0 saturated carbocycles. The van der Waals surface area contributed by atoms with Crippen molar-refractivity contribution in [3.8, 4) is 11.5 Å². The first kappa shape index (κ1) is 15.0. The first-order chi connectivity index (χ1) is 9.27. The lowest BCUT2D eigenvalue weighted by atomic mass is 10.2. The molecular formula is C14H8Cl2F3O. The van der Waals surface area contributed by atoms with E-state index in [9.17, 15) is 13.2 Å². The Balaban J connectivity index is 2.28.